The molecular weight excluding hydrogens is 304 g/mol. The second-order valence-corrected chi connectivity index (χ2v) is 6.39. The quantitative estimate of drug-likeness (QED) is 0.676. The lowest BCUT2D eigenvalue weighted by molar-refractivity contribution is -0.133. The van der Waals surface area contributed by atoms with Crippen molar-refractivity contribution in [1.82, 2.24) is 14.7 Å². The van der Waals surface area contributed by atoms with E-state index in [4.69, 9.17) is 5.73 Å². The van der Waals surface area contributed by atoms with Crippen LogP contribution in [0, 0.1) is 5.92 Å². The zero-order chi connectivity index (χ0) is 16.0. The molecule has 3 unspecified atom stereocenters. The highest BCUT2D eigenvalue weighted by Crippen LogP contribution is 2.08. The van der Waals surface area contributed by atoms with Crippen LogP contribution in [-0.2, 0) is 4.79 Å². The first-order chi connectivity index (χ1) is 9.85. The number of halogens is 1. The van der Waals surface area contributed by atoms with Crippen molar-refractivity contribution in [2.75, 3.05) is 53.4 Å². The third-order valence-corrected chi connectivity index (χ3v) is 4.47. The van der Waals surface area contributed by atoms with Crippen molar-refractivity contribution in [3.05, 3.63) is 0 Å². The van der Waals surface area contributed by atoms with Gasteiger partial charge in [0.05, 0.1) is 12.1 Å². The third kappa shape index (κ3) is 6.79. The van der Waals surface area contributed by atoms with Gasteiger partial charge in [-0.3, -0.25) is 9.69 Å². The Labute approximate surface area is 141 Å². The summed E-state index contributed by atoms with van der Waals surface area (Å²) in [7, 11) is 3.83. The average Bonchev–Trinajstić information content (AvgIpc) is 2.47. The van der Waals surface area contributed by atoms with Crippen molar-refractivity contribution in [1.29, 1.82) is 0 Å². The average molecular weight is 337 g/mol. The Morgan fingerprint density at radius 3 is 2.36 bits per heavy atom. The summed E-state index contributed by atoms with van der Waals surface area (Å²) in [5.74, 6) is 0.0801. The van der Waals surface area contributed by atoms with E-state index in [0.717, 1.165) is 32.6 Å². The molecule has 0 aromatic rings. The summed E-state index contributed by atoms with van der Waals surface area (Å²) in [5.41, 5.74) is 5.96. The summed E-state index contributed by atoms with van der Waals surface area (Å²) in [6.45, 7) is 8.96. The Bertz CT molecular complexity index is 325. The molecule has 3 atom stereocenters. The number of aliphatic hydroxyl groups excluding tert-OH is 1. The van der Waals surface area contributed by atoms with Gasteiger partial charge in [-0.1, -0.05) is 20.3 Å². The Morgan fingerprint density at radius 1 is 1.32 bits per heavy atom. The van der Waals surface area contributed by atoms with E-state index < -0.39 is 12.1 Å². The molecule has 1 aliphatic heterocycles. The van der Waals surface area contributed by atoms with Crippen LogP contribution in [0.2, 0.25) is 0 Å². The van der Waals surface area contributed by atoms with E-state index in [1.54, 1.807) is 11.9 Å². The number of nitrogens with two attached hydrogens (primary N) is 1. The maximum Gasteiger partial charge on any atom is 0.239 e. The summed E-state index contributed by atoms with van der Waals surface area (Å²) < 4.78 is 0. The Hall–Kier alpha value is -0.400. The number of amides is 1. The summed E-state index contributed by atoms with van der Waals surface area (Å²) in [4.78, 5) is 18.3. The maximum atomic E-state index is 12.2. The number of likely N-dealkylation sites (N-methyl/N-ethyl adjacent to an activating group) is 2. The molecule has 1 aliphatic rings. The first-order valence-corrected chi connectivity index (χ1v) is 7.94. The maximum absolute atomic E-state index is 12.2. The zero-order valence-electron chi connectivity index (χ0n) is 14.4. The molecule has 3 N–H and O–H groups in total. The van der Waals surface area contributed by atoms with Gasteiger partial charge in [-0.15, -0.1) is 12.4 Å². The van der Waals surface area contributed by atoms with Crippen LogP contribution in [0.5, 0.6) is 0 Å². The first-order valence-electron chi connectivity index (χ1n) is 7.94. The lowest BCUT2D eigenvalue weighted by Crippen LogP contribution is -2.51. The number of hydrogen-bond acceptors (Lipinski definition) is 5. The fourth-order valence-electron chi connectivity index (χ4n) is 2.54. The smallest absolute Gasteiger partial charge is 0.239 e. The Kier molecular flexibility index (Phi) is 10.2. The van der Waals surface area contributed by atoms with Crippen LogP contribution in [0.25, 0.3) is 0 Å². The van der Waals surface area contributed by atoms with E-state index in [1.807, 2.05) is 13.8 Å². The highest BCUT2D eigenvalue weighted by molar-refractivity contribution is 5.85. The molecule has 0 aromatic heterocycles. The van der Waals surface area contributed by atoms with Gasteiger partial charge in [0.25, 0.3) is 0 Å². The highest BCUT2D eigenvalue weighted by atomic mass is 35.5. The number of nitrogens with zero attached hydrogens (tertiary/aromatic N) is 3. The minimum atomic E-state index is -0.522. The summed E-state index contributed by atoms with van der Waals surface area (Å²) in [5, 5.41) is 10.2. The van der Waals surface area contributed by atoms with Crippen molar-refractivity contribution in [2.45, 2.75) is 32.4 Å². The van der Waals surface area contributed by atoms with Crippen LogP contribution in [0.15, 0.2) is 0 Å². The molecule has 7 heteroatoms. The van der Waals surface area contributed by atoms with Crippen molar-refractivity contribution >= 4 is 18.3 Å². The Morgan fingerprint density at radius 2 is 1.86 bits per heavy atom. The SMILES string of the molecule is CCC(C)C(N)C(=O)N(C)CC(O)CN1CCN(C)CC1.Cl. The van der Waals surface area contributed by atoms with Gasteiger partial charge < -0.3 is 20.6 Å². The predicted molar refractivity (Wildman–Crippen MR) is 92.3 cm³/mol. The highest BCUT2D eigenvalue weighted by Gasteiger charge is 2.25. The number of rotatable bonds is 7. The van der Waals surface area contributed by atoms with Crippen LogP contribution in [0.1, 0.15) is 20.3 Å². The van der Waals surface area contributed by atoms with Gasteiger partial charge in [-0.05, 0) is 13.0 Å². The van der Waals surface area contributed by atoms with Gasteiger partial charge in [0.2, 0.25) is 5.91 Å². The largest absolute Gasteiger partial charge is 0.390 e. The number of aliphatic hydroxyl groups is 1. The van der Waals surface area contributed by atoms with Crippen LogP contribution < -0.4 is 5.73 Å². The molecule has 0 radical (unpaired) electrons. The molecule has 6 nitrogen and oxygen atoms in total. The molecule has 0 aliphatic carbocycles. The van der Waals surface area contributed by atoms with Gasteiger partial charge in [0, 0.05) is 46.3 Å². The van der Waals surface area contributed by atoms with Crippen molar-refractivity contribution in [3.8, 4) is 0 Å². The number of β-amino-alcohol motifs (C(OH)–C–C–N with tert-alkyl or cyclic N) is 1. The summed E-state index contributed by atoms with van der Waals surface area (Å²) in [6.07, 6.45) is 0.358. The minimum Gasteiger partial charge on any atom is -0.390 e. The van der Waals surface area contributed by atoms with Crippen molar-refractivity contribution in [2.24, 2.45) is 11.7 Å². The zero-order valence-corrected chi connectivity index (χ0v) is 15.2. The van der Waals surface area contributed by atoms with Gasteiger partial charge in [0.15, 0.2) is 0 Å². The minimum absolute atomic E-state index is 0. The van der Waals surface area contributed by atoms with E-state index in [0.29, 0.717) is 13.1 Å². The van der Waals surface area contributed by atoms with Crippen LogP contribution in [-0.4, -0.2) is 91.2 Å². The van der Waals surface area contributed by atoms with E-state index in [9.17, 15) is 9.90 Å². The molecular formula is C15H33ClN4O2. The molecule has 0 saturated carbocycles. The fraction of sp³-hybridized carbons (Fsp3) is 0.933. The molecule has 1 saturated heterocycles. The lowest BCUT2D eigenvalue weighted by Gasteiger charge is -2.34. The molecule has 0 bridgehead atoms. The van der Waals surface area contributed by atoms with E-state index in [-0.39, 0.29) is 24.2 Å². The molecule has 1 heterocycles. The second-order valence-electron chi connectivity index (χ2n) is 6.39. The van der Waals surface area contributed by atoms with Crippen LogP contribution in [0.3, 0.4) is 0 Å². The molecule has 1 rings (SSSR count). The van der Waals surface area contributed by atoms with Crippen molar-refractivity contribution in [3.63, 3.8) is 0 Å². The molecule has 1 fully saturated rings. The van der Waals surface area contributed by atoms with Gasteiger partial charge in [0.1, 0.15) is 0 Å². The first kappa shape index (κ1) is 21.6. The number of hydrogen-bond donors (Lipinski definition) is 2. The van der Waals surface area contributed by atoms with Gasteiger partial charge in [-0.2, -0.15) is 0 Å². The van der Waals surface area contributed by atoms with E-state index in [1.165, 1.54) is 0 Å². The molecule has 1 amide bonds. The molecule has 0 aromatic carbocycles. The molecule has 22 heavy (non-hydrogen) atoms. The predicted octanol–water partition coefficient (Wildman–Crippen LogP) is -0.152. The van der Waals surface area contributed by atoms with Gasteiger partial charge >= 0.3 is 0 Å². The van der Waals surface area contributed by atoms with Crippen LogP contribution in [0.4, 0.5) is 0 Å². The molecule has 0 spiro atoms. The number of carbonyl (C=O) groups excluding carboxylic acids is 1. The normalized spacial score (nSPS) is 20.8. The topological polar surface area (TPSA) is 73.0 Å². The fourth-order valence-corrected chi connectivity index (χ4v) is 2.54. The standard InChI is InChI=1S/C15H32N4O2.ClH/c1-5-12(2)14(16)15(21)18(4)10-13(20)11-19-8-6-17(3)7-9-19;/h12-14,20H,5-11,16H2,1-4H3;1H. The second kappa shape index (κ2) is 10.4. The Balaban J connectivity index is 0.00000441. The number of carbonyl (C=O) groups is 1. The van der Waals surface area contributed by atoms with Crippen LogP contribution >= 0.6 is 12.4 Å². The monoisotopic (exact) mass is 336 g/mol. The number of piperazine rings is 1. The van der Waals surface area contributed by atoms with Crippen molar-refractivity contribution < 1.29 is 9.90 Å². The van der Waals surface area contributed by atoms with Gasteiger partial charge in [-0.25, -0.2) is 0 Å². The van der Waals surface area contributed by atoms with E-state index >= 15 is 0 Å². The third-order valence-electron chi connectivity index (χ3n) is 4.47. The summed E-state index contributed by atoms with van der Waals surface area (Å²) >= 11 is 0. The van der Waals surface area contributed by atoms with E-state index in [2.05, 4.69) is 16.8 Å². The lowest BCUT2D eigenvalue weighted by atomic mass is 9.99. The molecule has 132 valence electrons. The summed E-state index contributed by atoms with van der Waals surface area (Å²) in [6, 6.07) is -0.476.